The summed E-state index contributed by atoms with van der Waals surface area (Å²) in [5.41, 5.74) is 4.01. The summed E-state index contributed by atoms with van der Waals surface area (Å²) in [6.45, 7) is 2.91. The summed E-state index contributed by atoms with van der Waals surface area (Å²) in [6, 6.07) is 40.9. The lowest BCUT2D eigenvalue weighted by Gasteiger charge is -2.46. The molecule has 1 fully saturated rings. The largest absolute Gasteiger partial charge is 0.374 e. The zero-order chi connectivity index (χ0) is 30.5. The van der Waals surface area contributed by atoms with Crippen molar-refractivity contribution in [1.29, 1.82) is 0 Å². The van der Waals surface area contributed by atoms with Crippen molar-refractivity contribution in [3.8, 4) is 0 Å². The number of ether oxygens (including phenoxy) is 5. The van der Waals surface area contributed by atoms with E-state index in [9.17, 15) is 0 Å². The van der Waals surface area contributed by atoms with Crippen LogP contribution in [0.15, 0.2) is 126 Å². The molecule has 0 radical (unpaired) electrons. The van der Waals surface area contributed by atoms with E-state index in [0.717, 1.165) is 38.9 Å². The Hall–Kier alpha value is -2.95. The summed E-state index contributed by atoms with van der Waals surface area (Å²) in [7, 11) is 0. The zero-order valence-corrected chi connectivity index (χ0v) is 26.8. The van der Waals surface area contributed by atoms with Crippen molar-refractivity contribution < 1.29 is 23.7 Å². The first-order chi connectivity index (χ1) is 22.3. The second kappa shape index (κ2) is 17.1. The number of hydrogen-bond donors (Lipinski definition) is 0. The van der Waals surface area contributed by atoms with Crippen LogP contribution in [-0.4, -0.2) is 53.1 Å². The lowest BCUT2D eigenvalue weighted by Crippen LogP contribution is -2.60. The molecule has 234 valence electrons. The summed E-state index contributed by atoms with van der Waals surface area (Å²) < 4.78 is 34.5. The maximum atomic E-state index is 6.88. The number of thioether (sulfide) groups is 2. The van der Waals surface area contributed by atoms with Gasteiger partial charge in [-0.3, -0.25) is 4.99 Å². The molecule has 0 bridgehead atoms. The monoisotopic (exact) mass is 641 g/mol. The SMILES string of the molecule is c1ccc(COC[C@H]2O[C@@H](SC3=NCCS3)[C@H](OCc3ccccc3)[C@@H](OCc3ccccc3)[C@@H]2OCc2ccccc2)cc1. The molecule has 0 N–H and O–H groups in total. The molecule has 2 aliphatic rings. The van der Waals surface area contributed by atoms with Gasteiger partial charge in [0, 0.05) is 5.75 Å². The summed E-state index contributed by atoms with van der Waals surface area (Å²) in [5.74, 6) is 0.977. The molecule has 4 aromatic carbocycles. The Kier molecular flexibility index (Phi) is 12.2. The average Bonchev–Trinajstić information content (AvgIpc) is 3.61. The first kappa shape index (κ1) is 32.0. The Balaban J connectivity index is 1.29. The molecule has 1 saturated heterocycles. The fourth-order valence-corrected chi connectivity index (χ4v) is 7.60. The highest BCUT2D eigenvalue weighted by Crippen LogP contribution is 2.38. The van der Waals surface area contributed by atoms with Gasteiger partial charge in [0.25, 0.3) is 0 Å². The van der Waals surface area contributed by atoms with Crippen molar-refractivity contribution in [3.05, 3.63) is 144 Å². The molecular formula is C37H39NO5S2. The van der Waals surface area contributed by atoms with Crippen molar-refractivity contribution in [2.45, 2.75) is 56.3 Å². The second-order valence-electron chi connectivity index (χ2n) is 10.9. The highest BCUT2D eigenvalue weighted by atomic mass is 32.2. The smallest absolute Gasteiger partial charge is 0.139 e. The van der Waals surface area contributed by atoms with E-state index in [4.69, 9.17) is 28.7 Å². The van der Waals surface area contributed by atoms with E-state index >= 15 is 0 Å². The van der Waals surface area contributed by atoms with Gasteiger partial charge in [0.1, 0.15) is 34.2 Å². The van der Waals surface area contributed by atoms with Gasteiger partial charge in [-0.2, -0.15) is 0 Å². The third-order valence-corrected chi connectivity index (χ3v) is 9.96. The van der Waals surface area contributed by atoms with Crippen LogP contribution in [0.5, 0.6) is 0 Å². The maximum absolute atomic E-state index is 6.88. The van der Waals surface area contributed by atoms with E-state index in [1.165, 1.54) is 0 Å². The Morgan fingerprint density at radius 3 is 1.56 bits per heavy atom. The van der Waals surface area contributed by atoms with Crippen LogP contribution in [0.2, 0.25) is 0 Å². The third-order valence-electron chi connectivity index (χ3n) is 7.62. The molecule has 0 unspecified atom stereocenters. The van der Waals surface area contributed by atoms with Gasteiger partial charge in [0.15, 0.2) is 0 Å². The van der Waals surface area contributed by atoms with Gasteiger partial charge >= 0.3 is 0 Å². The number of nitrogens with zero attached hydrogens (tertiary/aromatic N) is 1. The van der Waals surface area contributed by atoms with Gasteiger partial charge in [-0.05, 0) is 22.3 Å². The molecule has 4 aromatic rings. The van der Waals surface area contributed by atoms with Crippen molar-refractivity contribution in [1.82, 2.24) is 0 Å². The van der Waals surface area contributed by atoms with Crippen LogP contribution in [-0.2, 0) is 50.1 Å². The molecule has 0 aliphatic carbocycles. The molecule has 0 saturated carbocycles. The van der Waals surface area contributed by atoms with Crippen LogP contribution in [0.25, 0.3) is 0 Å². The molecule has 0 amide bonds. The maximum Gasteiger partial charge on any atom is 0.139 e. The van der Waals surface area contributed by atoms with Crippen LogP contribution in [0.4, 0.5) is 0 Å². The van der Waals surface area contributed by atoms with Gasteiger partial charge in [-0.1, -0.05) is 145 Å². The normalized spacial score (nSPS) is 23.1. The predicted molar refractivity (Wildman–Crippen MR) is 182 cm³/mol. The minimum absolute atomic E-state index is 0.349. The minimum Gasteiger partial charge on any atom is -0.374 e. The van der Waals surface area contributed by atoms with E-state index in [0.29, 0.717) is 33.0 Å². The van der Waals surface area contributed by atoms with E-state index in [1.54, 1.807) is 23.5 Å². The Labute approximate surface area is 274 Å². The van der Waals surface area contributed by atoms with Gasteiger partial charge < -0.3 is 23.7 Å². The highest BCUT2D eigenvalue weighted by molar-refractivity contribution is 8.39. The molecule has 2 heterocycles. The molecule has 2 aliphatic heterocycles. The van der Waals surface area contributed by atoms with Crippen LogP contribution < -0.4 is 0 Å². The fourth-order valence-electron chi connectivity index (χ4n) is 5.33. The summed E-state index contributed by atoms with van der Waals surface area (Å²) in [5, 5.41) is 0. The minimum atomic E-state index is -0.444. The summed E-state index contributed by atoms with van der Waals surface area (Å²) in [4.78, 5) is 4.73. The zero-order valence-electron chi connectivity index (χ0n) is 25.2. The van der Waals surface area contributed by atoms with Crippen LogP contribution in [0, 0.1) is 0 Å². The Morgan fingerprint density at radius 1 is 0.600 bits per heavy atom. The van der Waals surface area contributed by atoms with Crippen LogP contribution in [0.3, 0.4) is 0 Å². The van der Waals surface area contributed by atoms with Crippen LogP contribution in [0.1, 0.15) is 22.3 Å². The molecule has 0 aromatic heterocycles. The number of rotatable bonds is 14. The molecule has 5 atom stereocenters. The van der Waals surface area contributed by atoms with Crippen molar-refractivity contribution in [2.75, 3.05) is 18.9 Å². The Bertz CT molecular complexity index is 1450. The fraction of sp³-hybridized carbons (Fsp3) is 0.324. The van der Waals surface area contributed by atoms with Gasteiger partial charge in [0.05, 0.1) is 39.6 Å². The molecule has 8 heteroatoms. The van der Waals surface area contributed by atoms with Gasteiger partial charge in [-0.25, -0.2) is 0 Å². The first-order valence-electron chi connectivity index (χ1n) is 15.4. The van der Waals surface area contributed by atoms with E-state index in [-0.39, 0.29) is 11.5 Å². The lowest BCUT2D eigenvalue weighted by molar-refractivity contribution is -0.254. The van der Waals surface area contributed by atoms with Crippen molar-refractivity contribution in [3.63, 3.8) is 0 Å². The average molecular weight is 642 g/mol. The van der Waals surface area contributed by atoms with E-state index < -0.39 is 18.3 Å². The molecular weight excluding hydrogens is 603 g/mol. The highest BCUT2D eigenvalue weighted by Gasteiger charge is 2.49. The van der Waals surface area contributed by atoms with Crippen molar-refractivity contribution in [2.24, 2.45) is 4.99 Å². The molecule has 6 nitrogen and oxygen atoms in total. The van der Waals surface area contributed by atoms with Crippen molar-refractivity contribution >= 4 is 27.9 Å². The molecule has 45 heavy (non-hydrogen) atoms. The third kappa shape index (κ3) is 9.53. The second-order valence-corrected chi connectivity index (χ2v) is 13.4. The number of aliphatic imine (C=N–C) groups is 1. The Morgan fingerprint density at radius 2 is 1.07 bits per heavy atom. The lowest BCUT2D eigenvalue weighted by atomic mass is 9.98. The predicted octanol–water partition coefficient (Wildman–Crippen LogP) is 7.52. The van der Waals surface area contributed by atoms with Gasteiger partial charge in [-0.15, -0.1) is 0 Å². The van der Waals surface area contributed by atoms with Crippen LogP contribution >= 0.6 is 23.5 Å². The summed E-state index contributed by atoms with van der Waals surface area (Å²) >= 11 is 3.38. The van der Waals surface area contributed by atoms with E-state index in [1.807, 2.05) is 72.8 Å². The molecule has 0 spiro atoms. The standard InChI is InChI=1S/C37H39NO5S2/c1-5-13-28(14-6-1)23-39-27-32-33(40-24-29-15-7-2-8-16-29)34(41-25-30-17-9-3-10-18-30)35(42-26-31-19-11-4-12-20-31)36(43-32)45-37-38-21-22-44-37/h1-20,32-36H,21-27H2/t32-,33-,34+,35-,36+/m1/s1. The summed E-state index contributed by atoms with van der Waals surface area (Å²) in [6.07, 6.45) is -1.69. The molecule has 6 rings (SSSR count). The van der Waals surface area contributed by atoms with Gasteiger partial charge in [0.2, 0.25) is 0 Å². The number of benzene rings is 4. The number of hydrogen-bond acceptors (Lipinski definition) is 8. The topological polar surface area (TPSA) is 58.5 Å². The quantitative estimate of drug-likeness (QED) is 0.141. The van der Waals surface area contributed by atoms with E-state index in [2.05, 4.69) is 48.5 Å². The first-order valence-corrected chi connectivity index (χ1v) is 17.3.